The van der Waals surface area contributed by atoms with Crippen molar-refractivity contribution >= 4 is 39.3 Å². The van der Waals surface area contributed by atoms with Crippen LogP contribution in [0.1, 0.15) is 29.8 Å². The molecule has 0 bridgehead atoms. The second kappa shape index (κ2) is 9.15. The number of rotatable bonds is 6. The molecule has 0 saturated carbocycles. The number of hydrogen-bond donors (Lipinski definition) is 3. The Hall–Kier alpha value is -2.67. The molecule has 26 heavy (non-hydrogen) atoms. The molecule has 0 fully saturated rings. The van der Waals surface area contributed by atoms with Gasteiger partial charge in [-0.2, -0.15) is 0 Å². The SMILES string of the molecule is CC(=O)Nc1ccc(CNC(=O)[C@H](C)NC(=O)c2ccc(Br)cc2)cc1. The molecule has 0 aliphatic rings. The van der Waals surface area contributed by atoms with Crippen LogP contribution in [0.4, 0.5) is 5.69 Å². The Labute approximate surface area is 160 Å². The Bertz CT molecular complexity index is 789. The molecule has 0 unspecified atom stereocenters. The molecular weight excluding hydrogens is 398 g/mol. The number of anilines is 1. The van der Waals surface area contributed by atoms with Crippen molar-refractivity contribution in [2.75, 3.05) is 5.32 Å². The molecule has 3 amide bonds. The number of amides is 3. The van der Waals surface area contributed by atoms with Crippen molar-refractivity contribution in [3.05, 3.63) is 64.1 Å². The predicted molar refractivity (Wildman–Crippen MR) is 104 cm³/mol. The summed E-state index contributed by atoms with van der Waals surface area (Å²) in [5.74, 6) is -0.720. The van der Waals surface area contributed by atoms with Crippen LogP contribution in [-0.2, 0) is 16.1 Å². The number of halogens is 1. The van der Waals surface area contributed by atoms with Gasteiger partial charge in [0.05, 0.1) is 0 Å². The summed E-state index contributed by atoms with van der Waals surface area (Å²) in [5.41, 5.74) is 2.07. The standard InChI is InChI=1S/C19H20BrN3O3/c1-12(22-19(26)15-5-7-16(20)8-6-15)18(25)21-11-14-3-9-17(10-4-14)23-13(2)24/h3-10,12H,11H2,1-2H3,(H,21,25)(H,22,26)(H,23,24)/t12-/m0/s1. The lowest BCUT2D eigenvalue weighted by Gasteiger charge is -2.14. The average molecular weight is 418 g/mol. The van der Waals surface area contributed by atoms with Crippen LogP contribution >= 0.6 is 15.9 Å². The van der Waals surface area contributed by atoms with E-state index in [1.165, 1.54) is 6.92 Å². The minimum Gasteiger partial charge on any atom is -0.350 e. The van der Waals surface area contributed by atoms with E-state index in [4.69, 9.17) is 0 Å². The van der Waals surface area contributed by atoms with Gasteiger partial charge in [0.25, 0.3) is 5.91 Å². The third-order valence-corrected chi connectivity index (χ3v) is 4.12. The van der Waals surface area contributed by atoms with E-state index in [1.807, 2.05) is 12.1 Å². The summed E-state index contributed by atoms with van der Waals surface area (Å²) in [5, 5.41) is 8.12. The number of nitrogens with one attached hydrogen (secondary N) is 3. The molecule has 7 heteroatoms. The highest BCUT2D eigenvalue weighted by Crippen LogP contribution is 2.11. The zero-order valence-corrected chi connectivity index (χ0v) is 16.1. The zero-order valence-electron chi connectivity index (χ0n) is 14.5. The third kappa shape index (κ3) is 6.00. The Morgan fingerprint density at radius 3 is 2.19 bits per heavy atom. The van der Waals surface area contributed by atoms with Crippen molar-refractivity contribution in [1.82, 2.24) is 10.6 Å². The zero-order chi connectivity index (χ0) is 19.1. The fraction of sp³-hybridized carbons (Fsp3) is 0.211. The van der Waals surface area contributed by atoms with Crippen molar-refractivity contribution in [1.29, 1.82) is 0 Å². The van der Waals surface area contributed by atoms with Crippen LogP contribution in [0.25, 0.3) is 0 Å². The molecule has 0 spiro atoms. The average Bonchev–Trinajstić information content (AvgIpc) is 2.60. The highest BCUT2D eigenvalue weighted by atomic mass is 79.9. The Kier molecular flexibility index (Phi) is 6.91. The van der Waals surface area contributed by atoms with Gasteiger partial charge in [0, 0.05) is 29.2 Å². The molecule has 136 valence electrons. The summed E-state index contributed by atoms with van der Waals surface area (Å²) >= 11 is 3.31. The van der Waals surface area contributed by atoms with Gasteiger partial charge in [-0.1, -0.05) is 28.1 Å². The highest BCUT2D eigenvalue weighted by Gasteiger charge is 2.16. The summed E-state index contributed by atoms with van der Waals surface area (Å²) in [6.07, 6.45) is 0. The monoisotopic (exact) mass is 417 g/mol. The van der Waals surface area contributed by atoms with Crippen molar-refractivity contribution < 1.29 is 14.4 Å². The van der Waals surface area contributed by atoms with Crippen LogP contribution in [0.3, 0.4) is 0 Å². The molecule has 2 rings (SSSR count). The van der Waals surface area contributed by atoms with Gasteiger partial charge in [-0.3, -0.25) is 14.4 Å². The molecule has 2 aromatic rings. The molecule has 0 heterocycles. The maximum absolute atomic E-state index is 12.2. The van der Waals surface area contributed by atoms with Gasteiger partial charge >= 0.3 is 0 Å². The summed E-state index contributed by atoms with van der Waals surface area (Å²) in [6, 6.07) is 13.4. The lowest BCUT2D eigenvalue weighted by molar-refractivity contribution is -0.122. The van der Waals surface area contributed by atoms with E-state index in [9.17, 15) is 14.4 Å². The molecule has 3 N–H and O–H groups in total. The van der Waals surface area contributed by atoms with Crippen molar-refractivity contribution in [3.63, 3.8) is 0 Å². The quantitative estimate of drug-likeness (QED) is 0.674. The Morgan fingerprint density at radius 2 is 1.62 bits per heavy atom. The van der Waals surface area contributed by atoms with E-state index < -0.39 is 6.04 Å². The second-order valence-corrected chi connectivity index (χ2v) is 6.71. The summed E-state index contributed by atoms with van der Waals surface area (Å²) in [4.78, 5) is 35.3. The number of carbonyl (C=O) groups is 3. The van der Waals surface area contributed by atoms with Crippen LogP contribution in [0, 0.1) is 0 Å². The van der Waals surface area contributed by atoms with Gasteiger partial charge in [0.15, 0.2) is 0 Å². The largest absolute Gasteiger partial charge is 0.350 e. The van der Waals surface area contributed by atoms with Gasteiger partial charge in [0.1, 0.15) is 6.04 Å². The first kappa shape index (κ1) is 19.7. The van der Waals surface area contributed by atoms with Crippen LogP contribution in [-0.4, -0.2) is 23.8 Å². The Morgan fingerprint density at radius 1 is 1.00 bits per heavy atom. The van der Waals surface area contributed by atoms with E-state index in [2.05, 4.69) is 31.9 Å². The minimum absolute atomic E-state index is 0.138. The molecule has 0 radical (unpaired) electrons. The van der Waals surface area contributed by atoms with Crippen LogP contribution in [0.15, 0.2) is 53.0 Å². The fourth-order valence-corrected chi connectivity index (χ4v) is 2.46. The van der Waals surface area contributed by atoms with Gasteiger partial charge in [-0.25, -0.2) is 0 Å². The maximum atomic E-state index is 12.2. The van der Waals surface area contributed by atoms with E-state index in [0.717, 1.165) is 10.0 Å². The van der Waals surface area contributed by atoms with E-state index >= 15 is 0 Å². The number of hydrogen-bond acceptors (Lipinski definition) is 3. The normalized spacial score (nSPS) is 11.3. The Balaban J connectivity index is 1.83. The molecule has 2 aromatic carbocycles. The van der Waals surface area contributed by atoms with Gasteiger partial charge < -0.3 is 16.0 Å². The topological polar surface area (TPSA) is 87.3 Å². The maximum Gasteiger partial charge on any atom is 0.251 e. The van der Waals surface area contributed by atoms with Crippen molar-refractivity contribution in [2.24, 2.45) is 0 Å². The number of carbonyl (C=O) groups excluding carboxylic acids is 3. The molecule has 1 atom stereocenters. The predicted octanol–water partition coefficient (Wildman–Crippen LogP) is 2.84. The van der Waals surface area contributed by atoms with E-state index in [1.54, 1.807) is 43.3 Å². The number of benzene rings is 2. The van der Waals surface area contributed by atoms with Crippen LogP contribution in [0.5, 0.6) is 0 Å². The van der Waals surface area contributed by atoms with Crippen molar-refractivity contribution in [2.45, 2.75) is 26.4 Å². The van der Waals surface area contributed by atoms with Crippen LogP contribution < -0.4 is 16.0 Å². The van der Waals surface area contributed by atoms with Gasteiger partial charge in [0.2, 0.25) is 11.8 Å². The smallest absolute Gasteiger partial charge is 0.251 e. The summed E-state index contributed by atoms with van der Waals surface area (Å²) in [6.45, 7) is 3.40. The lowest BCUT2D eigenvalue weighted by atomic mass is 10.2. The van der Waals surface area contributed by atoms with Gasteiger partial charge in [-0.05, 0) is 48.9 Å². The molecule has 0 saturated heterocycles. The van der Waals surface area contributed by atoms with Crippen molar-refractivity contribution in [3.8, 4) is 0 Å². The molecular formula is C19H20BrN3O3. The molecule has 6 nitrogen and oxygen atoms in total. The fourth-order valence-electron chi connectivity index (χ4n) is 2.20. The van der Waals surface area contributed by atoms with Crippen LogP contribution in [0.2, 0.25) is 0 Å². The molecule has 0 aliphatic heterocycles. The highest BCUT2D eigenvalue weighted by molar-refractivity contribution is 9.10. The van der Waals surface area contributed by atoms with Gasteiger partial charge in [-0.15, -0.1) is 0 Å². The molecule has 0 aromatic heterocycles. The summed E-state index contributed by atoms with van der Waals surface area (Å²) in [7, 11) is 0. The summed E-state index contributed by atoms with van der Waals surface area (Å²) < 4.78 is 0.879. The second-order valence-electron chi connectivity index (χ2n) is 5.80. The minimum atomic E-state index is -0.662. The van der Waals surface area contributed by atoms with E-state index in [-0.39, 0.29) is 17.7 Å². The first-order chi connectivity index (χ1) is 12.3. The molecule has 0 aliphatic carbocycles. The lowest BCUT2D eigenvalue weighted by Crippen LogP contribution is -2.44. The third-order valence-electron chi connectivity index (χ3n) is 3.59. The first-order valence-corrected chi connectivity index (χ1v) is 8.85. The van der Waals surface area contributed by atoms with E-state index in [0.29, 0.717) is 17.8 Å². The first-order valence-electron chi connectivity index (χ1n) is 8.06.